The Labute approximate surface area is 105 Å². The van der Waals surface area contributed by atoms with E-state index in [1.807, 2.05) is 0 Å². The van der Waals surface area contributed by atoms with Gasteiger partial charge in [-0.05, 0) is 30.5 Å². The summed E-state index contributed by atoms with van der Waals surface area (Å²) in [7, 11) is 0. The molecule has 1 amide bonds. The number of rotatable bonds is 3. The van der Waals surface area contributed by atoms with Crippen LogP contribution in [0.25, 0.3) is 0 Å². The molecule has 2 rings (SSSR count). The van der Waals surface area contributed by atoms with E-state index in [9.17, 15) is 13.6 Å². The topological polar surface area (TPSA) is 29.1 Å². The Bertz CT molecular complexity index is 428. The van der Waals surface area contributed by atoms with Crippen molar-refractivity contribution in [1.82, 2.24) is 5.32 Å². The Morgan fingerprint density at radius 3 is 2.56 bits per heavy atom. The minimum Gasteiger partial charge on any atom is -0.353 e. The predicted octanol–water partition coefficient (Wildman–Crippen LogP) is 2.96. The fourth-order valence-electron chi connectivity index (χ4n) is 2.36. The van der Waals surface area contributed by atoms with Crippen LogP contribution < -0.4 is 5.32 Å². The summed E-state index contributed by atoms with van der Waals surface area (Å²) in [5.74, 6) is -1.91. The van der Waals surface area contributed by atoms with Crippen molar-refractivity contribution in [1.29, 1.82) is 0 Å². The lowest BCUT2D eigenvalue weighted by atomic mass is 9.95. The molecule has 18 heavy (non-hydrogen) atoms. The first-order valence-electron chi connectivity index (χ1n) is 6.38. The molecule has 1 saturated carbocycles. The van der Waals surface area contributed by atoms with E-state index in [0.29, 0.717) is 5.56 Å². The molecule has 1 N–H and O–H groups in total. The number of hydrogen-bond acceptors (Lipinski definition) is 1. The van der Waals surface area contributed by atoms with Gasteiger partial charge >= 0.3 is 0 Å². The zero-order valence-corrected chi connectivity index (χ0v) is 10.2. The molecule has 4 heteroatoms. The van der Waals surface area contributed by atoms with Crippen LogP contribution in [0.4, 0.5) is 8.78 Å². The highest BCUT2D eigenvalue weighted by Crippen LogP contribution is 2.17. The van der Waals surface area contributed by atoms with Crippen LogP contribution >= 0.6 is 0 Å². The average Bonchev–Trinajstić information content (AvgIpc) is 2.35. The number of nitrogens with one attached hydrogen (secondary N) is 1. The van der Waals surface area contributed by atoms with E-state index in [-0.39, 0.29) is 18.4 Å². The zero-order chi connectivity index (χ0) is 13.0. The van der Waals surface area contributed by atoms with Gasteiger partial charge in [0.1, 0.15) is 0 Å². The number of carbonyl (C=O) groups is 1. The fraction of sp³-hybridized carbons (Fsp3) is 0.500. The van der Waals surface area contributed by atoms with Gasteiger partial charge < -0.3 is 5.32 Å². The molecule has 1 aromatic rings. The zero-order valence-electron chi connectivity index (χ0n) is 10.2. The van der Waals surface area contributed by atoms with Crippen molar-refractivity contribution in [3.63, 3.8) is 0 Å². The molecule has 1 aromatic carbocycles. The second-order valence-electron chi connectivity index (χ2n) is 4.83. The van der Waals surface area contributed by atoms with Crippen LogP contribution in [0, 0.1) is 11.6 Å². The molecule has 1 fully saturated rings. The van der Waals surface area contributed by atoms with Gasteiger partial charge in [-0.2, -0.15) is 0 Å². The highest BCUT2D eigenvalue weighted by atomic mass is 19.2. The summed E-state index contributed by atoms with van der Waals surface area (Å²) >= 11 is 0. The van der Waals surface area contributed by atoms with Gasteiger partial charge in [0.15, 0.2) is 11.6 Å². The molecule has 1 aliphatic rings. The van der Waals surface area contributed by atoms with Crippen LogP contribution in [0.1, 0.15) is 37.7 Å². The van der Waals surface area contributed by atoms with Gasteiger partial charge in [-0.3, -0.25) is 4.79 Å². The maximum atomic E-state index is 13.0. The van der Waals surface area contributed by atoms with E-state index < -0.39 is 11.6 Å². The van der Waals surface area contributed by atoms with Gasteiger partial charge in [0.25, 0.3) is 0 Å². The van der Waals surface area contributed by atoms with Crippen molar-refractivity contribution in [3.05, 3.63) is 35.4 Å². The summed E-state index contributed by atoms with van der Waals surface area (Å²) in [6, 6.07) is 3.82. The lowest BCUT2D eigenvalue weighted by Crippen LogP contribution is -2.37. The maximum absolute atomic E-state index is 13.0. The number of benzene rings is 1. The number of hydrogen-bond donors (Lipinski definition) is 1. The summed E-state index contributed by atoms with van der Waals surface area (Å²) in [5, 5.41) is 2.95. The lowest BCUT2D eigenvalue weighted by Gasteiger charge is -2.22. The van der Waals surface area contributed by atoms with Crippen LogP contribution in [-0.2, 0) is 11.2 Å². The molecular weight excluding hydrogens is 236 g/mol. The summed E-state index contributed by atoms with van der Waals surface area (Å²) in [6.07, 6.45) is 5.67. The minimum atomic E-state index is -0.905. The van der Waals surface area contributed by atoms with E-state index in [2.05, 4.69) is 5.32 Å². The third-order valence-electron chi connectivity index (χ3n) is 3.32. The van der Waals surface area contributed by atoms with Crippen molar-refractivity contribution in [2.24, 2.45) is 0 Å². The summed E-state index contributed by atoms with van der Waals surface area (Å²) in [4.78, 5) is 11.7. The molecule has 0 spiro atoms. The van der Waals surface area contributed by atoms with Crippen LogP contribution in [0.15, 0.2) is 18.2 Å². The fourth-order valence-corrected chi connectivity index (χ4v) is 2.36. The van der Waals surface area contributed by atoms with Crippen molar-refractivity contribution in [2.75, 3.05) is 0 Å². The molecule has 0 aliphatic heterocycles. The smallest absolute Gasteiger partial charge is 0.224 e. The van der Waals surface area contributed by atoms with E-state index in [1.54, 1.807) is 0 Å². The first-order chi connectivity index (χ1) is 8.65. The van der Waals surface area contributed by atoms with Crippen molar-refractivity contribution < 1.29 is 13.6 Å². The second-order valence-corrected chi connectivity index (χ2v) is 4.83. The molecule has 2 nitrogen and oxygen atoms in total. The van der Waals surface area contributed by atoms with Gasteiger partial charge in [0.2, 0.25) is 5.91 Å². The van der Waals surface area contributed by atoms with Gasteiger partial charge in [0, 0.05) is 6.04 Å². The third kappa shape index (κ3) is 3.52. The second kappa shape index (κ2) is 5.94. The van der Waals surface area contributed by atoms with Crippen LogP contribution in [-0.4, -0.2) is 11.9 Å². The average molecular weight is 253 g/mol. The third-order valence-corrected chi connectivity index (χ3v) is 3.32. The van der Waals surface area contributed by atoms with Gasteiger partial charge in [-0.15, -0.1) is 0 Å². The Morgan fingerprint density at radius 2 is 1.89 bits per heavy atom. The Kier molecular flexibility index (Phi) is 4.28. The van der Waals surface area contributed by atoms with E-state index >= 15 is 0 Å². The minimum absolute atomic E-state index is 0.105. The number of carbonyl (C=O) groups excluding carboxylic acids is 1. The Morgan fingerprint density at radius 1 is 1.17 bits per heavy atom. The molecule has 0 saturated heterocycles. The highest BCUT2D eigenvalue weighted by molar-refractivity contribution is 5.78. The van der Waals surface area contributed by atoms with Crippen LogP contribution in [0.3, 0.4) is 0 Å². The number of amides is 1. The summed E-state index contributed by atoms with van der Waals surface area (Å²) in [5.41, 5.74) is 0.502. The molecule has 0 radical (unpaired) electrons. The van der Waals surface area contributed by atoms with Crippen molar-refractivity contribution in [3.8, 4) is 0 Å². The highest BCUT2D eigenvalue weighted by Gasteiger charge is 2.16. The maximum Gasteiger partial charge on any atom is 0.224 e. The van der Waals surface area contributed by atoms with E-state index in [1.165, 1.54) is 12.5 Å². The van der Waals surface area contributed by atoms with Gasteiger partial charge in [0.05, 0.1) is 6.42 Å². The predicted molar refractivity (Wildman–Crippen MR) is 65.1 cm³/mol. The Balaban J connectivity index is 1.88. The molecule has 1 aliphatic carbocycles. The first-order valence-corrected chi connectivity index (χ1v) is 6.38. The molecule has 0 heterocycles. The number of halogens is 2. The monoisotopic (exact) mass is 253 g/mol. The SMILES string of the molecule is O=C(Cc1ccc(F)c(F)c1)NC1CCCCC1. The molecule has 0 aromatic heterocycles. The van der Waals surface area contributed by atoms with Crippen molar-refractivity contribution in [2.45, 2.75) is 44.6 Å². The summed E-state index contributed by atoms with van der Waals surface area (Å²) in [6.45, 7) is 0. The Hall–Kier alpha value is -1.45. The van der Waals surface area contributed by atoms with Crippen LogP contribution in [0.2, 0.25) is 0 Å². The lowest BCUT2D eigenvalue weighted by molar-refractivity contribution is -0.121. The molecular formula is C14H17F2NO. The standard InChI is InChI=1S/C14H17F2NO/c15-12-7-6-10(8-13(12)16)9-14(18)17-11-4-2-1-3-5-11/h6-8,11H,1-5,9H2,(H,17,18). The quantitative estimate of drug-likeness (QED) is 0.881. The van der Waals surface area contributed by atoms with Crippen molar-refractivity contribution >= 4 is 5.91 Å². The normalized spacial score (nSPS) is 16.6. The summed E-state index contributed by atoms with van der Waals surface area (Å²) < 4.78 is 25.7. The van der Waals surface area contributed by atoms with E-state index in [4.69, 9.17) is 0 Å². The van der Waals surface area contributed by atoms with Gasteiger partial charge in [-0.1, -0.05) is 25.3 Å². The molecule has 98 valence electrons. The molecule has 0 bridgehead atoms. The van der Waals surface area contributed by atoms with Gasteiger partial charge in [-0.25, -0.2) is 8.78 Å². The van der Waals surface area contributed by atoms with E-state index in [0.717, 1.165) is 37.8 Å². The first kappa shape index (κ1) is 13.0. The largest absolute Gasteiger partial charge is 0.353 e. The van der Waals surface area contributed by atoms with Crippen LogP contribution in [0.5, 0.6) is 0 Å². The molecule has 0 atom stereocenters. The molecule has 0 unspecified atom stereocenters.